The molecule has 0 spiro atoms. The second kappa shape index (κ2) is 5.29. The lowest BCUT2D eigenvalue weighted by atomic mass is 9.96. The average molecular weight is 246 g/mol. The van der Waals surface area contributed by atoms with Crippen LogP contribution in [0.4, 0.5) is 5.69 Å². The number of hydrogen-bond acceptors (Lipinski definition) is 3. The monoisotopic (exact) mass is 246 g/mol. The normalized spacial score (nSPS) is 28.5. The van der Waals surface area contributed by atoms with E-state index in [1.807, 2.05) is 0 Å². The summed E-state index contributed by atoms with van der Waals surface area (Å²) in [7, 11) is 0. The van der Waals surface area contributed by atoms with Crippen LogP contribution in [0.15, 0.2) is 24.3 Å². The maximum Gasteiger partial charge on any atom is 0.0622 e. The predicted molar refractivity (Wildman–Crippen MR) is 74.0 cm³/mol. The first-order chi connectivity index (χ1) is 8.88. The van der Waals surface area contributed by atoms with Crippen molar-refractivity contribution in [3.8, 4) is 0 Å². The first kappa shape index (κ1) is 12.0. The van der Waals surface area contributed by atoms with Gasteiger partial charge in [-0.1, -0.05) is 25.1 Å². The summed E-state index contributed by atoms with van der Waals surface area (Å²) in [5.74, 6) is 0. The van der Waals surface area contributed by atoms with Crippen molar-refractivity contribution in [2.45, 2.75) is 31.8 Å². The number of rotatable bonds is 2. The minimum Gasteiger partial charge on any atom is -0.383 e. The molecule has 2 heterocycles. The van der Waals surface area contributed by atoms with Gasteiger partial charge in [-0.25, -0.2) is 0 Å². The minimum absolute atomic E-state index is 0.593. The van der Waals surface area contributed by atoms with Crippen LogP contribution >= 0.6 is 0 Å². The molecule has 2 aliphatic heterocycles. The third-order valence-corrected chi connectivity index (χ3v) is 4.21. The fourth-order valence-corrected chi connectivity index (χ4v) is 3.16. The van der Waals surface area contributed by atoms with Crippen molar-refractivity contribution >= 4 is 5.69 Å². The molecule has 18 heavy (non-hydrogen) atoms. The molecule has 2 unspecified atom stereocenters. The number of fused-ring (bicyclic) bond motifs is 1. The van der Waals surface area contributed by atoms with Gasteiger partial charge in [0.25, 0.3) is 0 Å². The summed E-state index contributed by atoms with van der Waals surface area (Å²) in [6, 6.07) is 9.89. The molecule has 1 aromatic carbocycles. The number of anilines is 1. The Balaban J connectivity index is 1.74. The number of nitrogens with one attached hydrogen (secondary N) is 1. The zero-order chi connectivity index (χ0) is 12.4. The molecule has 1 saturated heterocycles. The van der Waals surface area contributed by atoms with Crippen LogP contribution in [0, 0.1) is 0 Å². The lowest BCUT2D eigenvalue weighted by Gasteiger charge is -2.42. The van der Waals surface area contributed by atoms with E-state index in [1.54, 1.807) is 0 Å². The molecule has 3 heteroatoms. The van der Waals surface area contributed by atoms with Crippen LogP contribution in [-0.4, -0.2) is 43.3 Å². The van der Waals surface area contributed by atoms with Gasteiger partial charge >= 0.3 is 0 Å². The van der Waals surface area contributed by atoms with Crippen molar-refractivity contribution in [2.75, 3.05) is 31.6 Å². The zero-order valence-electron chi connectivity index (χ0n) is 11.1. The predicted octanol–water partition coefficient (Wildman–Crippen LogP) is 2.13. The molecule has 0 amide bonds. The van der Waals surface area contributed by atoms with Crippen LogP contribution in [0.25, 0.3) is 0 Å². The largest absolute Gasteiger partial charge is 0.383 e. The molecule has 0 aromatic heterocycles. The second-order valence-electron chi connectivity index (χ2n) is 5.27. The van der Waals surface area contributed by atoms with Gasteiger partial charge in [-0.2, -0.15) is 0 Å². The average Bonchev–Trinajstić information content (AvgIpc) is 2.46. The molecule has 2 aliphatic rings. The summed E-state index contributed by atoms with van der Waals surface area (Å²) < 4.78 is 5.60. The van der Waals surface area contributed by atoms with Crippen LogP contribution in [0.1, 0.15) is 18.9 Å². The van der Waals surface area contributed by atoms with Crippen molar-refractivity contribution in [2.24, 2.45) is 0 Å². The van der Waals surface area contributed by atoms with Gasteiger partial charge in [-0.15, -0.1) is 0 Å². The van der Waals surface area contributed by atoms with Crippen LogP contribution in [-0.2, 0) is 11.2 Å². The molecule has 0 saturated carbocycles. The van der Waals surface area contributed by atoms with Gasteiger partial charge in [0.1, 0.15) is 0 Å². The number of nitrogens with zero attached hydrogens (tertiary/aromatic N) is 1. The molecule has 1 N–H and O–H groups in total. The molecule has 0 aliphatic carbocycles. The second-order valence-corrected chi connectivity index (χ2v) is 5.27. The van der Waals surface area contributed by atoms with Gasteiger partial charge in [0.05, 0.1) is 13.2 Å². The summed E-state index contributed by atoms with van der Waals surface area (Å²) in [5, 5.41) is 3.57. The number of hydrogen-bond donors (Lipinski definition) is 1. The molecule has 0 bridgehead atoms. The van der Waals surface area contributed by atoms with E-state index in [2.05, 4.69) is 41.4 Å². The van der Waals surface area contributed by atoms with Gasteiger partial charge in [-0.05, 0) is 24.5 Å². The highest BCUT2D eigenvalue weighted by Crippen LogP contribution is 2.26. The van der Waals surface area contributed by atoms with E-state index in [0.717, 1.165) is 26.3 Å². The van der Waals surface area contributed by atoms with E-state index in [1.165, 1.54) is 24.1 Å². The third kappa shape index (κ3) is 2.25. The Morgan fingerprint density at radius 1 is 1.39 bits per heavy atom. The Hall–Kier alpha value is -1.06. The van der Waals surface area contributed by atoms with Crippen LogP contribution in [0.5, 0.6) is 0 Å². The van der Waals surface area contributed by atoms with Crippen molar-refractivity contribution in [1.82, 2.24) is 4.90 Å². The molecule has 3 rings (SSSR count). The highest BCUT2D eigenvalue weighted by Gasteiger charge is 2.30. The highest BCUT2D eigenvalue weighted by atomic mass is 16.5. The summed E-state index contributed by atoms with van der Waals surface area (Å²) in [6.07, 6.45) is 2.35. The number of morpholine rings is 1. The summed E-state index contributed by atoms with van der Waals surface area (Å²) in [5.41, 5.74) is 2.77. The maximum atomic E-state index is 5.60. The number of benzene rings is 1. The quantitative estimate of drug-likeness (QED) is 0.865. The SMILES string of the molecule is CCC1COCCN1C1CNc2ccccc2C1. The van der Waals surface area contributed by atoms with Gasteiger partial charge in [0.2, 0.25) is 0 Å². The Morgan fingerprint density at radius 2 is 2.28 bits per heavy atom. The molecule has 1 fully saturated rings. The molecule has 1 aromatic rings. The maximum absolute atomic E-state index is 5.60. The van der Waals surface area contributed by atoms with E-state index in [-0.39, 0.29) is 0 Å². The van der Waals surface area contributed by atoms with E-state index < -0.39 is 0 Å². The minimum atomic E-state index is 0.593. The number of para-hydroxylation sites is 1. The highest BCUT2D eigenvalue weighted by molar-refractivity contribution is 5.53. The van der Waals surface area contributed by atoms with E-state index >= 15 is 0 Å². The fourth-order valence-electron chi connectivity index (χ4n) is 3.16. The van der Waals surface area contributed by atoms with Crippen LogP contribution in [0.3, 0.4) is 0 Å². The van der Waals surface area contributed by atoms with Gasteiger partial charge < -0.3 is 10.1 Å². The zero-order valence-corrected chi connectivity index (χ0v) is 11.1. The van der Waals surface area contributed by atoms with Gasteiger partial charge in [-0.3, -0.25) is 4.90 Å². The fraction of sp³-hybridized carbons (Fsp3) is 0.600. The van der Waals surface area contributed by atoms with Crippen LogP contribution < -0.4 is 5.32 Å². The van der Waals surface area contributed by atoms with Crippen LogP contribution in [0.2, 0.25) is 0 Å². The molecular formula is C15H22N2O. The molecular weight excluding hydrogens is 224 g/mol. The van der Waals surface area contributed by atoms with Gasteiger partial charge in [0, 0.05) is 30.9 Å². The van der Waals surface area contributed by atoms with E-state index in [0.29, 0.717) is 12.1 Å². The summed E-state index contributed by atoms with van der Waals surface area (Å²) >= 11 is 0. The Bertz CT molecular complexity index is 407. The van der Waals surface area contributed by atoms with Crippen molar-refractivity contribution in [1.29, 1.82) is 0 Å². The first-order valence-corrected chi connectivity index (χ1v) is 7.03. The van der Waals surface area contributed by atoms with Gasteiger partial charge in [0.15, 0.2) is 0 Å². The Morgan fingerprint density at radius 3 is 3.17 bits per heavy atom. The molecule has 98 valence electrons. The van der Waals surface area contributed by atoms with E-state index in [4.69, 9.17) is 4.74 Å². The molecule has 2 atom stereocenters. The number of ether oxygens (including phenoxy) is 1. The Labute approximate surface area is 109 Å². The Kier molecular flexibility index (Phi) is 3.52. The summed E-state index contributed by atoms with van der Waals surface area (Å²) in [4.78, 5) is 2.65. The third-order valence-electron chi connectivity index (χ3n) is 4.21. The van der Waals surface area contributed by atoms with E-state index in [9.17, 15) is 0 Å². The topological polar surface area (TPSA) is 24.5 Å². The van der Waals surface area contributed by atoms with Crippen molar-refractivity contribution < 1.29 is 4.74 Å². The van der Waals surface area contributed by atoms with Crippen molar-refractivity contribution in [3.05, 3.63) is 29.8 Å². The summed E-state index contributed by atoms with van der Waals surface area (Å²) in [6.45, 7) is 6.18. The lowest BCUT2D eigenvalue weighted by molar-refractivity contribution is -0.0279. The van der Waals surface area contributed by atoms with Crippen molar-refractivity contribution in [3.63, 3.8) is 0 Å². The molecule has 3 nitrogen and oxygen atoms in total. The molecule has 0 radical (unpaired) electrons. The standard InChI is InChI=1S/C15H22N2O/c1-2-13-11-18-8-7-17(13)14-9-12-5-3-4-6-15(12)16-10-14/h3-6,13-14,16H,2,7-11H2,1H3. The lowest BCUT2D eigenvalue weighted by Crippen LogP contribution is -2.54. The smallest absolute Gasteiger partial charge is 0.0622 e. The first-order valence-electron chi connectivity index (χ1n) is 7.03.